The highest BCUT2D eigenvalue weighted by Crippen LogP contribution is 2.42. The van der Waals surface area contributed by atoms with Crippen LogP contribution < -0.4 is 5.73 Å². The molecule has 2 fully saturated rings. The molecule has 2 aliphatic carbocycles. The molecule has 0 amide bonds. The van der Waals surface area contributed by atoms with Crippen molar-refractivity contribution >= 4 is 11.0 Å². The number of imidazole rings is 1. The summed E-state index contributed by atoms with van der Waals surface area (Å²) in [5.41, 5.74) is 7.91. The molecule has 2 saturated carbocycles. The van der Waals surface area contributed by atoms with E-state index in [9.17, 15) is 4.39 Å². The minimum atomic E-state index is -0.199. The average molecular weight is 273 g/mol. The van der Waals surface area contributed by atoms with E-state index in [0.29, 0.717) is 18.0 Å². The lowest BCUT2D eigenvalue weighted by atomic mass is 9.86. The fourth-order valence-electron chi connectivity index (χ4n) is 3.47. The Kier molecular flexibility index (Phi) is 2.81. The summed E-state index contributed by atoms with van der Waals surface area (Å²) in [5, 5.41) is 0. The molecule has 1 heterocycles. The summed E-state index contributed by atoms with van der Waals surface area (Å²) in [6.07, 6.45) is 6.82. The molecule has 2 aromatic rings. The van der Waals surface area contributed by atoms with Crippen molar-refractivity contribution in [2.24, 2.45) is 5.73 Å². The van der Waals surface area contributed by atoms with Gasteiger partial charge >= 0.3 is 0 Å². The van der Waals surface area contributed by atoms with Crippen molar-refractivity contribution in [3.63, 3.8) is 0 Å². The quantitative estimate of drug-likeness (QED) is 0.910. The number of hydrogen-bond acceptors (Lipinski definition) is 2. The van der Waals surface area contributed by atoms with Gasteiger partial charge < -0.3 is 10.3 Å². The van der Waals surface area contributed by atoms with Gasteiger partial charge in [-0.05, 0) is 50.7 Å². The first kappa shape index (κ1) is 12.3. The van der Waals surface area contributed by atoms with Crippen LogP contribution in [0, 0.1) is 5.82 Å². The van der Waals surface area contributed by atoms with E-state index in [1.54, 1.807) is 12.1 Å². The SMILES string of the molecule is NC1CCC(c2nc3cc(F)ccc3n2C2CC2)CC1. The number of fused-ring (bicyclic) bond motifs is 1. The van der Waals surface area contributed by atoms with E-state index in [1.165, 1.54) is 18.7 Å². The minimum absolute atomic E-state index is 0.199. The van der Waals surface area contributed by atoms with Gasteiger partial charge in [-0.25, -0.2) is 9.37 Å². The van der Waals surface area contributed by atoms with Crippen molar-refractivity contribution in [3.05, 3.63) is 29.8 Å². The molecule has 4 heteroatoms. The van der Waals surface area contributed by atoms with E-state index in [0.717, 1.165) is 36.7 Å². The normalized spacial score (nSPS) is 27.1. The lowest BCUT2D eigenvalue weighted by Gasteiger charge is -2.26. The summed E-state index contributed by atoms with van der Waals surface area (Å²) in [5.74, 6) is 1.46. The molecule has 0 radical (unpaired) electrons. The molecule has 2 aliphatic rings. The van der Waals surface area contributed by atoms with E-state index in [1.807, 2.05) is 6.07 Å². The number of halogens is 1. The van der Waals surface area contributed by atoms with Gasteiger partial charge in [-0.1, -0.05) is 0 Å². The first-order valence-corrected chi connectivity index (χ1v) is 7.65. The highest BCUT2D eigenvalue weighted by molar-refractivity contribution is 5.76. The Morgan fingerprint density at radius 2 is 1.85 bits per heavy atom. The molecule has 3 nitrogen and oxygen atoms in total. The van der Waals surface area contributed by atoms with Crippen LogP contribution in [0.15, 0.2) is 18.2 Å². The zero-order chi connectivity index (χ0) is 13.7. The molecule has 2 N–H and O–H groups in total. The van der Waals surface area contributed by atoms with Gasteiger partial charge in [0, 0.05) is 24.1 Å². The maximum Gasteiger partial charge on any atom is 0.125 e. The van der Waals surface area contributed by atoms with Crippen LogP contribution in [0.3, 0.4) is 0 Å². The topological polar surface area (TPSA) is 43.8 Å². The second-order valence-corrected chi connectivity index (χ2v) is 6.32. The third kappa shape index (κ3) is 2.03. The first-order chi connectivity index (χ1) is 9.72. The molecule has 0 unspecified atom stereocenters. The summed E-state index contributed by atoms with van der Waals surface area (Å²) in [6.45, 7) is 0. The Hall–Kier alpha value is -1.42. The molecule has 0 aliphatic heterocycles. The van der Waals surface area contributed by atoms with E-state index in [4.69, 9.17) is 10.7 Å². The fraction of sp³-hybridized carbons (Fsp3) is 0.562. The van der Waals surface area contributed by atoms with Crippen LogP contribution in [0.5, 0.6) is 0 Å². The summed E-state index contributed by atoms with van der Waals surface area (Å²) in [7, 11) is 0. The third-order valence-corrected chi connectivity index (χ3v) is 4.73. The molecule has 1 aromatic heterocycles. The van der Waals surface area contributed by atoms with Gasteiger partial charge in [0.25, 0.3) is 0 Å². The van der Waals surface area contributed by atoms with Gasteiger partial charge in [-0.15, -0.1) is 0 Å². The van der Waals surface area contributed by atoms with Crippen LogP contribution in [0.25, 0.3) is 11.0 Å². The molecule has 0 saturated heterocycles. The van der Waals surface area contributed by atoms with Crippen LogP contribution in [-0.4, -0.2) is 15.6 Å². The number of aromatic nitrogens is 2. The lowest BCUT2D eigenvalue weighted by molar-refractivity contribution is 0.377. The van der Waals surface area contributed by atoms with Gasteiger partial charge in [0.1, 0.15) is 11.6 Å². The Morgan fingerprint density at radius 1 is 1.10 bits per heavy atom. The second-order valence-electron chi connectivity index (χ2n) is 6.32. The number of nitrogens with two attached hydrogens (primary N) is 1. The Bertz CT molecular complexity index is 636. The van der Waals surface area contributed by atoms with Gasteiger partial charge in [0.15, 0.2) is 0 Å². The maximum atomic E-state index is 13.4. The number of benzene rings is 1. The standard InChI is InChI=1S/C16H20FN3/c17-11-3-8-15-14(9-11)19-16(20(15)13-6-7-13)10-1-4-12(18)5-2-10/h3,8-10,12-13H,1-2,4-7,18H2. The van der Waals surface area contributed by atoms with Gasteiger partial charge in [-0.3, -0.25) is 0 Å². The van der Waals surface area contributed by atoms with Crippen LogP contribution in [0.4, 0.5) is 4.39 Å². The number of hydrogen-bond donors (Lipinski definition) is 1. The third-order valence-electron chi connectivity index (χ3n) is 4.73. The van der Waals surface area contributed by atoms with Crippen molar-refractivity contribution in [2.75, 3.05) is 0 Å². The number of rotatable bonds is 2. The number of nitrogens with zero attached hydrogens (tertiary/aromatic N) is 2. The molecule has 4 rings (SSSR count). The summed E-state index contributed by atoms with van der Waals surface area (Å²) >= 11 is 0. The van der Waals surface area contributed by atoms with Crippen LogP contribution in [0.2, 0.25) is 0 Å². The van der Waals surface area contributed by atoms with Crippen LogP contribution >= 0.6 is 0 Å². The zero-order valence-electron chi connectivity index (χ0n) is 11.6. The Balaban J connectivity index is 1.79. The molecular weight excluding hydrogens is 253 g/mol. The molecule has 1 aromatic carbocycles. The minimum Gasteiger partial charge on any atom is -0.328 e. The summed E-state index contributed by atoms with van der Waals surface area (Å²) in [4.78, 5) is 4.77. The molecule has 0 bridgehead atoms. The fourth-order valence-corrected chi connectivity index (χ4v) is 3.47. The largest absolute Gasteiger partial charge is 0.328 e. The van der Waals surface area contributed by atoms with E-state index in [2.05, 4.69) is 4.57 Å². The van der Waals surface area contributed by atoms with Crippen molar-refractivity contribution in [1.82, 2.24) is 9.55 Å². The smallest absolute Gasteiger partial charge is 0.125 e. The predicted octanol–water partition coefficient (Wildman–Crippen LogP) is 3.50. The molecule has 0 spiro atoms. The molecule has 106 valence electrons. The van der Waals surface area contributed by atoms with Crippen molar-refractivity contribution in [1.29, 1.82) is 0 Å². The van der Waals surface area contributed by atoms with E-state index in [-0.39, 0.29) is 5.82 Å². The molecule has 0 atom stereocenters. The van der Waals surface area contributed by atoms with Gasteiger partial charge in [0.2, 0.25) is 0 Å². The predicted molar refractivity (Wildman–Crippen MR) is 77.1 cm³/mol. The van der Waals surface area contributed by atoms with E-state index >= 15 is 0 Å². The summed E-state index contributed by atoms with van der Waals surface area (Å²) < 4.78 is 15.8. The highest BCUT2D eigenvalue weighted by atomic mass is 19.1. The van der Waals surface area contributed by atoms with Gasteiger partial charge in [-0.2, -0.15) is 0 Å². The van der Waals surface area contributed by atoms with Crippen molar-refractivity contribution in [2.45, 2.75) is 56.5 Å². The molecule has 20 heavy (non-hydrogen) atoms. The second kappa shape index (κ2) is 4.55. The van der Waals surface area contributed by atoms with Crippen LogP contribution in [0.1, 0.15) is 56.3 Å². The lowest BCUT2D eigenvalue weighted by Crippen LogP contribution is -2.26. The first-order valence-electron chi connectivity index (χ1n) is 7.65. The monoisotopic (exact) mass is 273 g/mol. The Morgan fingerprint density at radius 3 is 2.55 bits per heavy atom. The summed E-state index contributed by atoms with van der Waals surface area (Å²) in [6, 6.07) is 5.92. The maximum absolute atomic E-state index is 13.4. The van der Waals surface area contributed by atoms with Crippen molar-refractivity contribution in [3.8, 4) is 0 Å². The van der Waals surface area contributed by atoms with Crippen molar-refractivity contribution < 1.29 is 4.39 Å². The zero-order valence-corrected chi connectivity index (χ0v) is 11.6. The highest BCUT2D eigenvalue weighted by Gasteiger charge is 2.32. The Labute approximate surface area is 118 Å². The van der Waals surface area contributed by atoms with Crippen LogP contribution in [-0.2, 0) is 0 Å². The molecular formula is C16H20FN3. The van der Waals surface area contributed by atoms with E-state index < -0.39 is 0 Å². The average Bonchev–Trinajstić information content (AvgIpc) is 3.20. The van der Waals surface area contributed by atoms with Gasteiger partial charge in [0.05, 0.1) is 11.0 Å².